The maximum Gasteiger partial charge on any atom is 0.283 e. The topological polar surface area (TPSA) is 72.9 Å². The predicted molar refractivity (Wildman–Crippen MR) is 80.4 cm³/mol. The summed E-state index contributed by atoms with van der Waals surface area (Å²) < 4.78 is 2.00. The highest BCUT2D eigenvalue weighted by molar-refractivity contribution is 9.10. The van der Waals surface area contributed by atoms with Crippen molar-refractivity contribution >= 4 is 21.6 Å². The molecule has 0 spiro atoms. The maximum absolute atomic E-state index is 12.1. The van der Waals surface area contributed by atoms with Crippen LogP contribution in [0.3, 0.4) is 0 Å². The molecule has 0 aliphatic heterocycles. The number of hydrogen-bond donors (Lipinski definition) is 2. The summed E-state index contributed by atoms with van der Waals surface area (Å²) in [6.07, 6.45) is 6.15. The van der Waals surface area contributed by atoms with Gasteiger partial charge in [0, 0.05) is 12.1 Å². The van der Waals surface area contributed by atoms with Crippen LogP contribution in [0.5, 0.6) is 0 Å². The van der Waals surface area contributed by atoms with Crippen LogP contribution in [0, 0.1) is 0 Å². The minimum Gasteiger partial charge on any atom is -0.378 e. The van der Waals surface area contributed by atoms with Gasteiger partial charge in [-0.05, 0) is 42.6 Å². The molecule has 106 valence electrons. The van der Waals surface area contributed by atoms with Gasteiger partial charge >= 0.3 is 0 Å². The second-order valence-corrected chi connectivity index (χ2v) is 6.21. The summed E-state index contributed by atoms with van der Waals surface area (Å²) in [4.78, 5) is 12.1. The molecule has 1 fully saturated rings. The fraction of sp³-hybridized carbons (Fsp3) is 0.692. The van der Waals surface area contributed by atoms with Gasteiger partial charge < -0.3 is 11.1 Å². The van der Waals surface area contributed by atoms with Crippen LogP contribution in [0.25, 0.3) is 0 Å². The molecule has 1 aliphatic carbocycles. The van der Waals surface area contributed by atoms with Gasteiger partial charge in [-0.1, -0.05) is 12.8 Å². The lowest BCUT2D eigenvalue weighted by Crippen LogP contribution is -2.43. The molecule has 1 aliphatic rings. The Morgan fingerprint density at radius 1 is 1.47 bits per heavy atom. The molecule has 0 radical (unpaired) electrons. The van der Waals surface area contributed by atoms with Gasteiger partial charge in [0.1, 0.15) is 4.47 Å². The fourth-order valence-corrected chi connectivity index (χ4v) is 2.85. The molecule has 6 heteroatoms. The number of halogens is 1. The Balaban J connectivity index is 2.21. The third-order valence-electron chi connectivity index (χ3n) is 3.59. The number of anilines is 1. The van der Waals surface area contributed by atoms with Gasteiger partial charge in [0.2, 0.25) is 0 Å². The first-order valence-corrected chi connectivity index (χ1v) is 7.59. The zero-order valence-electron chi connectivity index (χ0n) is 11.4. The fourth-order valence-electron chi connectivity index (χ4n) is 2.45. The van der Waals surface area contributed by atoms with E-state index in [0.29, 0.717) is 4.47 Å². The van der Waals surface area contributed by atoms with Gasteiger partial charge in [-0.2, -0.15) is 5.10 Å². The largest absolute Gasteiger partial charge is 0.378 e. The molecule has 1 heterocycles. The highest BCUT2D eigenvalue weighted by atomic mass is 79.9. The van der Waals surface area contributed by atoms with E-state index in [9.17, 15) is 4.79 Å². The van der Waals surface area contributed by atoms with E-state index < -0.39 is 0 Å². The standard InChI is InChI=1S/C13H21BrN4O/c1-8(2)18-13(19)12(14)11(7-16-18)17-10-6-4-3-5-9(10)15/h7-10,17H,3-6,15H2,1-2H3. The quantitative estimate of drug-likeness (QED) is 0.892. The van der Waals surface area contributed by atoms with E-state index in [1.807, 2.05) is 13.8 Å². The molecule has 1 aromatic rings. The number of nitrogens with zero attached hydrogens (tertiary/aromatic N) is 2. The zero-order valence-corrected chi connectivity index (χ0v) is 13.0. The van der Waals surface area contributed by atoms with E-state index in [4.69, 9.17) is 5.73 Å². The normalized spacial score (nSPS) is 23.6. The number of hydrogen-bond acceptors (Lipinski definition) is 4. The molecular weight excluding hydrogens is 308 g/mol. The van der Waals surface area contributed by atoms with Gasteiger partial charge in [0.25, 0.3) is 5.56 Å². The molecule has 1 aromatic heterocycles. The monoisotopic (exact) mass is 328 g/mol. The smallest absolute Gasteiger partial charge is 0.283 e. The number of nitrogens with one attached hydrogen (secondary N) is 1. The van der Waals surface area contributed by atoms with Crippen LogP contribution in [-0.2, 0) is 0 Å². The Hall–Kier alpha value is -0.880. The lowest BCUT2D eigenvalue weighted by molar-refractivity contribution is 0.403. The average Bonchev–Trinajstić information content (AvgIpc) is 2.37. The lowest BCUT2D eigenvalue weighted by atomic mass is 9.91. The summed E-state index contributed by atoms with van der Waals surface area (Å²) >= 11 is 3.37. The zero-order chi connectivity index (χ0) is 14.0. The molecule has 2 rings (SSSR count). The van der Waals surface area contributed by atoms with Crippen molar-refractivity contribution in [2.45, 2.75) is 57.7 Å². The Bertz CT molecular complexity index is 500. The summed E-state index contributed by atoms with van der Waals surface area (Å²) in [6, 6.07) is 0.420. The summed E-state index contributed by atoms with van der Waals surface area (Å²) in [5.74, 6) is 0. The highest BCUT2D eigenvalue weighted by Gasteiger charge is 2.23. The van der Waals surface area contributed by atoms with Crippen LogP contribution in [0.1, 0.15) is 45.6 Å². The van der Waals surface area contributed by atoms with Gasteiger partial charge in [-0.3, -0.25) is 4.79 Å². The first kappa shape index (κ1) is 14.5. The molecule has 3 N–H and O–H groups in total. The first-order valence-electron chi connectivity index (χ1n) is 6.80. The van der Waals surface area contributed by atoms with E-state index in [2.05, 4.69) is 26.3 Å². The lowest BCUT2D eigenvalue weighted by Gasteiger charge is -2.30. The Morgan fingerprint density at radius 2 is 2.16 bits per heavy atom. The van der Waals surface area contributed by atoms with Crippen molar-refractivity contribution in [2.24, 2.45) is 5.73 Å². The van der Waals surface area contributed by atoms with E-state index in [0.717, 1.165) is 18.5 Å². The van der Waals surface area contributed by atoms with Crippen LogP contribution >= 0.6 is 15.9 Å². The Morgan fingerprint density at radius 3 is 2.79 bits per heavy atom. The Labute approximate surface area is 121 Å². The van der Waals surface area contributed by atoms with Crippen molar-refractivity contribution in [3.63, 3.8) is 0 Å². The van der Waals surface area contributed by atoms with Crippen molar-refractivity contribution in [3.05, 3.63) is 21.0 Å². The molecule has 19 heavy (non-hydrogen) atoms. The molecule has 5 nitrogen and oxygen atoms in total. The van der Waals surface area contributed by atoms with Crippen LogP contribution in [0.15, 0.2) is 15.5 Å². The second-order valence-electron chi connectivity index (χ2n) is 5.41. The molecule has 0 aromatic carbocycles. The summed E-state index contributed by atoms with van der Waals surface area (Å²) in [7, 11) is 0. The van der Waals surface area contributed by atoms with E-state index in [1.165, 1.54) is 17.5 Å². The summed E-state index contributed by atoms with van der Waals surface area (Å²) in [6.45, 7) is 3.87. The Kier molecular flexibility index (Phi) is 4.62. The summed E-state index contributed by atoms with van der Waals surface area (Å²) in [5.41, 5.74) is 6.74. The third kappa shape index (κ3) is 3.17. The van der Waals surface area contributed by atoms with Crippen molar-refractivity contribution in [1.82, 2.24) is 9.78 Å². The van der Waals surface area contributed by atoms with Crippen molar-refractivity contribution in [3.8, 4) is 0 Å². The van der Waals surface area contributed by atoms with Gasteiger partial charge in [0.05, 0.1) is 17.9 Å². The van der Waals surface area contributed by atoms with E-state index in [-0.39, 0.29) is 23.7 Å². The molecule has 1 saturated carbocycles. The third-order valence-corrected chi connectivity index (χ3v) is 4.36. The van der Waals surface area contributed by atoms with E-state index >= 15 is 0 Å². The number of aromatic nitrogens is 2. The predicted octanol–water partition coefficient (Wildman–Crippen LogP) is 2.27. The van der Waals surface area contributed by atoms with Crippen LogP contribution in [0.4, 0.5) is 5.69 Å². The van der Waals surface area contributed by atoms with Gasteiger partial charge in [-0.25, -0.2) is 4.68 Å². The first-order chi connectivity index (χ1) is 9.00. The molecule has 2 unspecified atom stereocenters. The van der Waals surface area contributed by atoms with Crippen LogP contribution < -0.4 is 16.6 Å². The maximum atomic E-state index is 12.1. The highest BCUT2D eigenvalue weighted by Crippen LogP contribution is 2.24. The van der Waals surface area contributed by atoms with Crippen molar-refractivity contribution < 1.29 is 0 Å². The number of nitrogens with two attached hydrogens (primary N) is 1. The minimum atomic E-state index is -0.107. The van der Waals surface area contributed by atoms with Crippen LogP contribution in [-0.4, -0.2) is 21.9 Å². The van der Waals surface area contributed by atoms with Crippen molar-refractivity contribution in [1.29, 1.82) is 0 Å². The molecule has 2 atom stereocenters. The molecule has 0 saturated heterocycles. The molecule has 0 bridgehead atoms. The minimum absolute atomic E-state index is 0.0507. The molecule has 0 amide bonds. The average molecular weight is 329 g/mol. The SMILES string of the molecule is CC(C)n1ncc(NC2CCCCC2N)c(Br)c1=O. The summed E-state index contributed by atoms with van der Waals surface area (Å²) in [5, 5.41) is 7.56. The molecular formula is C13H21BrN4O. The van der Waals surface area contributed by atoms with E-state index in [1.54, 1.807) is 6.20 Å². The van der Waals surface area contributed by atoms with Crippen molar-refractivity contribution in [2.75, 3.05) is 5.32 Å². The van der Waals surface area contributed by atoms with Gasteiger partial charge in [-0.15, -0.1) is 0 Å². The number of rotatable bonds is 3. The van der Waals surface area contributed by atoms with Crippen LogP contribution in [0.2, 0.25) is 0 Å². The van der Waals surface area contributed by atoms with Gasteiger partial charge in [0.15, 0.2) is 0 Å². The second kappa shape index (κ2) is 6.05.